The molecule has 11 heteroatoms. The van der Waals surface area contributed by atoms with E-state index >= 15 is 0 Å². The van der Waals surface area contributed by atoms with Crippen LogP contribution in [-0.4, -0.2) is 54.9 Å². The summed E-state index contributed by atoms with van der Waals surface area (Å²) in [4.78, 5) is 51.5. The summed E-state index contributed by atoms with van der Waals surface area (Å²) in [5.74, 6) is -1.15. The zero-order chi connectivity index (χ0) is 21.8. The van der Waals surface area contributed by atoms with Gasteiger partial charge < -0.3 is 14.6 Å². The first-order valence-corrected chi connectivity index (χ1v) is 9.61. The van der Waals surface area contributed by atoms with E-state index in [0.29, 0.717) is 13.0 Å². The van der Waals surface area contributed by atoms with Gasteiger partial charge in [-0.3, -0.25) is 28.1 Å². The van der Waals surface area contributed by atoms with Crippen LogP contribution in [0.15, 0.2) is 28.1 Å². The molecule has 0 fully saturated rings. The number of carboxylic acid groups (broad SMARTS) is 1. The van der Waals surface area contributed by atoms with Gasteiger partial charge in [-0.25, -0.2) is 9.78 Å². The van der Waals surface area contributed by atoms with E-state index in [1.54, 1.807) is 6.08 Å². The van der Waals surface area contributed by atoms with Crippen LogP contribution in [0.1, 0.15) is 31.9 Å². The van der Waals surface area contributed by atoms with Crippen molar-refractivity contribution in [3.63, 3.8) is 0 Å². The zero-order valence-corrected chi connectivity index (χ0v) is 16.8. The molecule has 2 atom stereocenters. The maximum atomic E-state index is 12.4. The fourth-order valence-corrected chi connectivity index (χ4v) is 3.29. The van der Waals surface area contributed by atoms with Gasteiger partial charge in [-0.15, -0.1) is 0 Å². The van der Waals surface area contributed by atoms with Gasteiger partial charge in [0.2, 0.25) is 12.0 Å². The third-order valence-corrected chi connectivity index (χ3v) is 4.90. The molecule has 2 unspecified atom stereocenters. The van der Waals surface area contributed by atoms with Crippen LogP contribution in [0.5, 0.6) is 0 Å². The van der Waals surface area contributed by atoms with Crippen LogP contribution in [-0.2, 0) is 33.2 Å². The molecule has 0 bridgehead atoms. The quantitative estimate of drug-likeness (QED) is 0.565. The minimum absolute atomic E-state index is 0.0692. The number of unbranched alkanes of at least 4 members (excludes halogenated alkanes) is 2. The molecule has 1 N–H and O–H groups in total. The lowest BCUT2D eigenvalue weighted by Crippen LogP contribution is -2.38. The lowest BCUT2D eigenvalue weighted by atomic mass is 10.2. The van der Waals surface area contributed by atoms with Crippen LogP contribution in [0.25, 0.3) is 11.2 Å². The monoisotopic (exact) mass is 420 g/mol. The Morgan fingerprint density at radius 2 is 1.97 bits per heavy atom. The van der Waals surface area contributed by atoms with Crippen LogP contribution in [0.4, 0.5) is 0 Å². The lowest BCUT2D eigenvalue weighted by molar-refractivity contribution is -0.140. The van der Waals surface area contributed by atoms with Crippen molar-refractivity contribution >= 4 is 22.9 Å². The van der Waals surface area contributed by atoms with E-state index in [2.05, 4.69) is 4.98 Å². The number of aromatic nitrogens is 4. The second-order valence-corrected chi connectivity index (χ2v) is 7.10. The van der Waals surface area contributed by atoms with E-state index < -0.39 is 29.6 Å². The Balaban J connectivity index is 1.67. The van der Waals surface area contributed by atoms with Crippen LogP contribution in [0, 0.1) is 0 Å². The number of carbonyl (C=O) groups excluding carboxylic acids is 1. The molecule has 0 saturated carbocycles. The van der Waals surface area contributed by atoms with Crippen LogP contribution in [0.2, 0.25) is 0 Å². The standard InChI is InChI=1S/C19H24N4O7/c1-21-16-15(17(27)22(2)19(21)28)20-11-23(16)18-13(24)8-7-12(30-18)10-29-9-5-3-4-6-14(25)26/h7-8,11-12,18H,3-6,9-10H2,1-2H3,(H,25,26). The number of carbonyl (C=O) groups is 2. The van der Waals surface area contributed by atoms with Crippen molar-refractivity contribution in [1.29, 1.82) is 0 Å². The number of ketones is 1. The number of fused-ring (bicyclic) bond motifs is 1. The Morgan fingerprint density at radius 3 is 2.70 bits per heavy atom. The number of carboxylic acids is 1. The fourth-order valence-electron chi connectivity index (χ4n) is 3.29. The Morgan fingerprint density at radius 1 is 1.20 bits per heavy atom. The largest absolute Gasteiger partial charge is 0.481 e. The van der Waals surface area contributed by atoms with Gasteiger partial charge in [-0.05, 0) is 25.0 Å². The lowest BCUT2D eigenvalue weighted by Gasteiger charge is -2.26. The second kappa shape index (κ2) is 9.18. The predicted molar refractivity (Wildman–Crippen MR) is 105 cm³/mol. The molecule has 162 valence electrons. The normalized spacial score (nSPS) is 18.9. The first-order chi connectivity index (χ1) is 14.3. The summed E-state index contributed by atoms with van der Waals surface area (Å²) in [7, 11) is 2.86. The van der Waals surface area contributed by atoms with Gasteiger partial charge in [0.15, 0.2) is 11.2 Å². The van der Waals surface area contributed by atoms with E-state index in [1.807, 2.05) is 0 Å². The van der Waals surface area contributed by atoms with Gasteiger partial charge in [0, 0.05) is 27.1 Å². The summed E-state index contributed by atoms with van der Waals surface area (Å²) in [5, 5.41) is 8.61. The average Bonchev–Trinajstić information content (AvgIpc) is 3.16. The summed E-state index contributed by atoms with van der Waals surface area (Å²) in [6, 6.07) is 0. The van der Waals surface area contributed by atoms with Crippen molar-refractivity contribution in [2.45, 2.75) is 38.0 Å². The number of nitrogens with zero attached hydrogens (tertiary/aromatic N) is 4. The number of ether oxygens (including phenoxy) is 2. The van der Waals surface area contributed by atoms with Crippen molar-refractivity contribution < 1.29 is 24.2 Å². The van der Waals surface area contributed by atoms with Crippen molar-refractivity contribution in [2.24, 2.45) is 14.1 Å². The van der Waals surface area contributed by atoms with Crippen LogP contribution in [0.3, 0.4) is 0 Å². The number of hydrogen-bond donors (Lipinski definition) is 1. The first kappa shape index (κ1) is 21.7. The zero-order valence-electron chi connectivity index (χ0n) is 16.8. The van der Waals surface area contributed by atoms with Gasteiger partial charge in [-0.2, -0.15) is 0 Å². The van der Waals surface area contributed by atoms with Crippen molar-refractivity contribution in [3.8, 4) is 0 Å². The van der Waals surface area contributed by atoms with Gasteiger partial charge in [0.25, 0.3) is 5.56 Å². The highest BCUT2D eigenvalue weighted by Crippen LogP contribution is 2.22. The molecule has 11 nitrogen and oxygen atoms in total. The Kier molecular flexibility index (Phi) is 6.63. The second-order valence-electron chi connectivity index (χ2n) is 7.10. The third kappa shape index (κ3) is 4.41. The SMILES string of the molecule is Cn1c(=O)c2ncn(C3OC(COCCCCCC(=O)O)C=CC3=O)c2n(C)c1=O. The van der Waals surface area contributed by atoms with E-state index in [9.17, 15) is 19.2 Å². The van der Waals surface area contributed by atoms with Crippen molar-refractivity contribution in [1.82, 2.24) is 18.7 Å². The fraction of sp³-hybridized carbons (Fsp3) is 0.526. The molecule has 2 aromatic heterocycles. The summed E-state index contributed by atoms with van der Waals surface area (Å²) >= 11 is 0. The maximum Gasteiger partial charge on any atom is 0.332 e. The molecule has 0 aromatic carbocycles. The molecule has 0 saturated heterocycles. The maximum absolute atomic E-state index is 12.4. The minimum Gasteiger partial charge on any atom is -0.481 e. The number of rotatable bonds is 9. The molecular formula is C19H24N4O7. The number of aliphatic carboxylic acids is 1. The molecular weight excluding hydrogens is 396 g/mol. The Labute approximate surface area is 171 Å². The molecule has 3 heterocycles. The third-order valence-electron chi connectivity index (χ3n) is 4.90. The highest BCUT2D eigenvalue weighted by molar-refractivity contribution is 5.93. The Hall–Kier alpha value is -3.05. The van der Waals surface area contributed by atoms with Gasteiger partial charge in [0.1, 0.15) is 6.10 Å². The van der Waals surface area contributed by atoms with Crippen molar-refractivity contribution in [2.75, 3.05) is 13.2 Å². The Bertz CT molecular complexity index is 1090. The molecule has 3 rings (SSSR count). The van der Waals surface area contributed by atoms with Gasteiger partial charge in [0.05, 0.1) is 12.9 Å². The number of aryl methyl sites for hydroxylation is 1. The van der Waals surface area contributed by atoms with Gasteiger partial charge in [-0.1, -0.05) is 6.42 Å². The summed E-state index contributed by atoms with van der Waals surface area (Å²) in [6.45, 7) is 0.664. The molecule has 2 aromatic rings. The van der Waals surface area contributed by atoms with Gasteiger partial charge >= 0.3 is 11.7 Å². The van der Waals surface area contributed by atoms with E-state index in [1.165, 1.54) is 35.6 Å². The molecule has 0 radical (unpaired) electrons. The number of imidazole rings is 1. The van der Waals surface area contributed by atoms with Crippen LogP contribution >= 0.6 is 0 Å². The molecule has 1 aliphatic heterocycles. The molecule has 0 amide bonds. The van der Waals surface area contributed by atoms with E-state index in [-0.39, 0.29) is 30.0 Å². The molecule has 30 heavy (non-hydrogen) atoms. The highest BCUT2D eigenvalue weighted by atomic mass is 16.5. The molecule has 1 aliphatic rings. The van der Waals surface area contributed by atoms with E-state index in [0.717, 1.165) is 17.4 Å². The van der Waals surface area contributed by atoms with Crippen molar-refractivity contribution in [3.05, 3.63) is 39.3 Å². The van der Waals surface area contributed by atoms with Crippen LogP contribution < -0.4 is 11.2 Å². The highest BCUT2D eigenvalue weighted by Gasteiger charge is 2.29. The summed E-state index contributed by atoms with van der Waals surface area (Å²) < 4.78 is 15.0. The smallest absolute Gasteiger partial charge is 0.332 e. The summed E-state index contributed by atoms with van der Waals surface area (Å²) in [6.07, 6.45) is 4.95. The number of hydrogen-bond acceptors (Lipinski definition) is 7. The average molecular weight is 420 g/mol. The van der Waals surface area contributed by atoms with E-state index in [4.69, 9.17) is 14.6 Å². The molecule has 0 spiro atoms. The minimum atomic E-state index is -1.07. The molecule has 0 aliphatic carbocycles. The predicted octanol–water partition coefficient (Wildman–Crippen LogP) is 0.118. The summed E-state index contributed by atoms with van der Waals surface area (Å²) in [5.41, 5.74) is -0.807. The first-order valence-electron chi connectivity index (χ1n) is 9.61. The topological polar surface area (TPSA) is 135 Å².